The van der Waals surface area contributed by atoms with Crippen molar-refractivity contribution in [2.45, 2.75) is 26.2 Å². The molecule has 4 nitrogen and oxygen atoms in total. The van der Waals surface area contributed by atoms with E-state index in [-0.39, 0.29) is 36.7 Å². The summed E-state index contributed by atoms with van der Waals surface area (Å²) in [5, 5.41) is 15.7. The van der Waals surface area contributed by atoms with Gasteiger partial charge in [0.2, 0.25) is 0 Å². The molecule has 1 unspecified atom stereocenters. The Labute approximate surface area is 180 Å². The van der Waals surface area contributed by atoms with Gasteiger partial charge < -0.3 is 20.5 Å². The normalized spacial score (nSPS) is 11.3. The zero-order valence-electron chi connectivity index (χ0n) is 15.1. The number of hydrogen-bond acceptors (Lipinski definition) is 4. The third kappa shape index (κ3) is 10.3. The molecular weight excluding hydrogens is 458 g/mol. The summed E-state index contributed by atoms with van der Waals surface area (Å²) < 4.78 is 19.8. The smallest absolute Gasteiger partial charge is 0.124 e. The van der Waals surface area contributed by atoms with Crippen molar-refractivity contribution in [2.75, 3.05) is 19.6 Å². The molecule has 0 fully saturated rings. The molecule has 0 heterocycles. The highest BCUT2D eigenvalue weighted by Crippen LogP contribution is 2.24. The van der Waals surface area contributed by atoms with Gasteiger partial charge in [-0.3, -0.25) is 0 Å². The average molecular weight is 484 g/mol. The van der Waals surface area contributed by atoms with Gasteiger partial charge in [0.15, 0.2) is 0 Å². The van der Waals surface area contributed by atoms with Gasteiger partial charge in [0, 0.05) is 36.2 Å². The van der Waals surface area contributed by atoms with Crippen LogP contribution in [-0.4, -0.2) is 30.8 Å². The summed E-state index contributed by atoms with van der Waals surface area (Å²) in [4.78, 5) is 0. The van der Waals surface area contributed by atoms with Crippen LogP contribution in [0.3, 0.4) is 0 Å². The summed E-state index contributed by atoms with van der Waals surface area (Å²) in [5.74, 6) is 0.554. The Morgan fingerprint density at radius 2 is 1.74 bits per heavy atom. The van der Waals surface area contributed by atoms with Gasteiger partial charge in [-0.1, -0.05) is 28.1 Å². The summed E-state index contributed by atoms with van der Waals surface area (Å²) in [6, 6.07) is 12.2. The Balaban J connectivity index is 0.00000338. The lowest BCUT2D eigenvalue weighted by Gasteiger charge is -2.13. The van der Waals surface area contributed by atoms with E-state index in [4.69, 9.17) is 4.74 Å². The summed E-state index contributed by atoms with van der Waals surface area (Å²) in [7, 11) is 0. The van der Waals surface area contributed by atoms with Crippen LogP contribution in [-0.2, 0) is 13.2 Å². The van der Waals surface area contributed by atoms with Crippen LogP contribution in [0.2, 0.25) is 0 Å². The standard InChI is InChI=1S/C19H24BrFN2O2.2ClH/c1-14(24)11-22-8-9-23-12-16-10-17(20)4-7-19(16)25-13-15-2-5-18(21)6-3-15;;/h2-7,10,14,22-24H,8-9,11-13H2,1H3;2*1H. The summed E-state index contributed by atoms with van der Waals surface area (Å²) >= 11 is 3.48. The van der Waals surface area contributed by atoms with E-state index in [1.165, 1.54) is 12.1 Å². The minimum absolute atomic E-state index is 0. The highest BCUT2D eigenvalue weighted by atomic mass is 79.9. The molecule has 2 aromatic carbocycles. The van der Waals surface area contributed by atoms with Gasteiger partial charge in [-0.25, -0.2) is 4.39 Å². The maximum absolute atomic E-state index is 13.0. The first-order chi connectivity index (χ1) is 12.0. The zero-order valence-corrected chi connectivity index (χ0v) is 18.3. The molecule has 0 aliphatic carbocycles. The zero-order chi connectivity index (χ0) is 18.1. The van der Waals surface area contributed by atoms with Crippen LogP contribution in [0.15, 0.2) is 46.9 Å². The van der Waals surface area contributed by atoms with E-state index in [0.717, 1.165) is 34.4 Å². The lowest BCUT2D eigenvalue weighted by atomic mass is 10.2. The fourth-order valence-electron chi connectivity index (χ4n) is 2.28. The average Bonchev–Trinajstić information content (AvgIpc) is 2.58. The van der Waals surface area contributed by atoms with E-state index in [1.54, 1.807) is 19.1 Å². The topological polar surface area (TPSA) is 53.5 Å². The van der Waals surface area contributed by atoms with Gasteiger partial charge in [0.05, 0.1) is 6.10 Å². The van der Waals surface area contributed by atoms with E-state index < -0.39 is 0 Å². The number of rotatable bonds is 10. The summed E-state index contributed by atoms with van der Waals surface area (Å²) in [6.45, 7) is 4.98. The van der Waals surface area contributed by atoms with Crippen LogP contribution in [0.5, 0.6) is 5.75 Å². The van der Waals surface area contributed by atoms with Crippen molar-refractivity contribution in [1.82, 2.24) is 10.6 Å². The van der Waals surface area contributed by atoms with Gasteiger partial charge in [-0.2, -0.15) is 0 Å². The van der Waals surface area contributed by atoms with Crippen molar-refractivity contribution in [3.63, 3.8) is 0 Å². The number of hydrogen-bond donors (Lipinski definition) is 3. The Hall–Kier alpha value is -0.890. The van der Waals surface area contributed by atoms with E-state index in [0.29, 0.717) is 19.7 Å². The predicted molar refractivity (Wildman–Crippen MR) is 116 cm³/mol. The highest BCUT2D eigenvalue weighted by Gasteiger charge is 2.06. The van der Waals surface area contributed by atoms with Crippen molar-refractivity contribution in [2.24, 2.45) is 0 Å². The van der Waals surface area contributed by atoms with Crippen molar-refractivity contribution in [3.05, 3.63) is 63.9 Å². The quantitative estimate of drug-likeness (QED) is 0.446. The van der Waals surface area contributed by atoms with E-state index in [1.807, 2.05) is 18.2 Å². The van der Waals surface area contributed by atoms with Crippen LogP contribution < -0.4 is 15.4 Å². The van der Waals surface area contributed by atoms with E-state index in [2.05, 4.69) is 26.6 Å². The second kappa shape index (κ2) is 14.2. The summed E-state index contributed by atoms with van der Waals surface area (Å²) in [5.41, 5.74) is 1.97. The molecule has 8 heteroatoms. The maximum Gasteiger partial charge on any atom is 0.124 e. The molecule has 0 aliphatic heterocycles. The highest BCUT2D eigenvalue weighted by molar-refractivity contribution is 9.10. The van der Waals surface area contributed by atoms with Crippen molar-refractivity contribution >= 4 is 40.7 Å². The van der Waals surface area contributed by atoms with E-state index >= 15 is 0 Å². The predicted octanol–water partition coefficient (Wildman–Crippen LogP) is 4.07. The lowest BCUT2D eigenvalue weighted by Crippen LogP contribution is -2.31. The number of aliphatic hydroxyl groups is 1. The minimum Gasteiger partial charge on any atom is -0.489 e. The molecule has 0 saturated carbocycles. The number of halogens is 4. The lowest BCUT2D eigenvalue weighted by molar-refractivity contribution is 0.191. The van der Waals surface area contributed by atoms with Gasteiger partial charge in [0.25, 0.3) is 0 Å². The van der Waals surface area contributed by atoms with Crippen LogP contribution >= 0.6 is 40.7 Å². The molecule has 0 radical (unpaired) electrons. The number of nitrogens with one attached hydrogen (secondary N) is 2. The van der Waals surface area contributed by atoms with Gasteiger partial charge in [-0.15, -0.1) is 24.8 Å². The maximum atomic E-state index is 13.0. The third-order valence-corrected chi connectivity index (χ3v) is 4.06. The number of ether oxygens (including phenoxy) is 1. The van der Waals surface area contributed by atoms with Gasteiger partial charge in [0.1, 0.15) is 18.2 Å². The van der Waals surface area contributed by atoms with Crippen molar-refractivity contribution < 1.29 is 14.2 Å². The monoisotopic (exact) mass is 482 g/mol. The van der Waals surface area contributed by atoms with Crippen LogP contribution in [0.25, 0.3) is 0 Å². The van der Waals surface area contributed by atoms with E-state index in [9.17, 15) is 9.50 Å². The Morgan fingerprint density at radius 3 is 2.41 bits per heavy atom. The molecule has 0 aliphatic rings. The Bertz CT molecular complexity index is 661. The molecule has 0 spiro atoms. The Kier molecular flexibility index (Phi) is 13.7. The largest absolute Gasteiger partial charge is 0.489 e. The first-order valence-electron chi connectivity index (χ1n) is 8.30. The van der Waals surface area contributed by atoms with Crippen molar-refractivity contribution in [3.8, 4) is 5.75 Å². The molecule has 2 rings (SSSR count). The third-order valence-electron chi connectivity index (χ3n) is 3.56. The fourth-order valence-corrected chi connectivity index (χ4v) is 2.69. The van der Waals surface area contributed by atoms with Gasteiger partial charge in [-0.05, 0) is 42.8 Å². The van der Waals surface area contributed by atoms with Gasteiger partial charge >= 0.3 is 0 Å². The SMILES string of the molecule is CC(O)CNCCNCc1cc(Br)ccc1OCc1ccc(F)cc1.Cl.Cl. The number of benzene rings is 2. The molecule has 3 N–H and O–H groups in total. The first-order valence-corrected chi connectivity index (χ1v) is 9.09. The molecule has 27 heavy (non-hydrogen) atoms. The minimum atomic E-state index is -0.337. The molecule has 2 aromatic rings. The van der Waals surface area contributed by atoms with Crippen LogP contribution in [0.1, 0.15) is 18.1 Å². The fraction of sp³-hybridized carbons (Fsp3) is 0.368. The molecule has 1 atom stereocenters. The second-order valence-corrected chi connectivity index (χ2v) is 6.81. The summed E-state index contributed by atoms with van der Waals surface area (Å²) in [6.07, 6.45) is -0.337. The molecule has 0 aromatic heterocycles. The molecule has 0 bridgehead atoms. The number of aliphatic hydroxyl groups excluding tert-OH is 1. The van der Waals surface area contributed by atoms with Crippen LogP contribution in [0, 0.1) is 5.82 Å². The second-order valence-electron chi connectivity index (χ2n) is 5.90. The Morgan fingerprint density at radius 1 is 1.07 bits per heavy atom. The first kappa shape index (κ1) is 26.1. The molecule has 152 valence electrons. The molecular formula is C19H26BrCl2FN2O2. The van der Waals surface area contributed by atoms with Crippen molar-refractivity contribution in [1.29, 1.82) is 0 Å². The molecule has 0 saturated heterocycles. The van der Waals surface area contributed by atoms with Crippen LogP contribution in [0.4, 0.5) is 4.39 Å². The molecule has 0 amide bonds.